The molecule has 1 aromatic heterocycles. The second-order valence-electron chi connectivity index (χ2n) is 16.1. The van der Waals surface area contributed by atoms with Gasteiger partial charge < -0.3 is 9.47 Å². The van der Waals surface area contributed by atoms with E-state index in [0.29, 0.717) is 0 Å². The average Bonchev–Trinajstić information content (AvgIpc) is 3.69. The van der Waals surface area contributed by atoms with Crippen molar-refractivity contribution in [3.8, 4) is 39.1 Å². The van der Waals surface area contributed by atoms with E-state index in [1.807, 2.05) is 0 Å². The van der Waals surface area contributed by atoms with Gasteiger partial charge in [-0.1, -0.05) is 188 Å². The van der Waals surface area contributed by atoms with Gasteiger partial charge in [0.05, 0.1) is 16.7 Å². The van der Waals surface area contributed by atoms with Gasteiger partial charge in [-0.25, -0.2) is 0 Å². The highest BCUT2D eigenvalue weighted by molar-refractivity contribution is 6.19. The van der Waals surface area contributed by atoms with Gasteiger partial charge in [0.25, 0.3) is 0 Å². The molecule has 2 nitrogen and oxygen atoms in total. The first-order valence-electron chi connectivity index (χ1n) is 21.3. The maximum absolute atomic E-state index is 2.46. The van der Waals surface area contributed by atoms with E-state index < -0.39 is 0 Å². The lowest BCUT2D eigenvalue weighted by Crippen LogP contribution is -2.11. The Hall–Kier alpha value is -8.20. The van der Waals surface area contributed by atoms with Crippen molar-refractivity contribution in [1.29, 1.82) is 0 Å². The molecule has 0 fully saturated rings. The monoisotopic (exact) mass is 788 g/mol. The van der Waals surface area contributed by atoms with Crippen LogP contribution >= 0.6 is 0 Å². The predicted octanol–water partition coefficient (Wildman–Crippen LogP) is 16.7. The largest absolute Gasteiger partial charge is 0.310 e. The number of para-hydroxylation sites is 1. The van der Waals surface area contributed by atoms with Crippen molar-refractivity contribution < 1.29 is 0 Å². The van der Waals surface area contributed by atoms with E-state index in [9.17, 15) is 0 Å². The zero-order valence-corrected chi connectivity index (χ0v) is 34.0. The van der Waals surface area contributed by atoms with Crippen LogP contribution in [0.3, 0.4) is 0 Å². The van der Waals surface area contributed by atoms with Crippen LogP contribution in [0.5, 0.6) is 0 Å². The van der Waals surface area contributed by atoms with Crippen molar-refractivity contribution in [3.05, 3.63) is 243 Å². The SMILES string of the molecule is c1ccc(-c2cc(-c3ccccc3)cc(N(c3ccc(-c4ccc5c6ccc7ccccc7c6n(-c6ccccc6)c5c4)cc3)c3cc4ccccc4c4ccccc34)c2)cc1. The Bertz CT molecular complexity index is 3550. The van der Waals surface area contributed by atoms with Gasteiger partial charge in [-0.3, -0.25) is 0 Å². The fourth-order valence-corrected chi connectivity index (χ4v) is 9.59. The molecule has 0 saturated heterocycles. The standard InChI is InChI=1S/C60H40N2/c1-4-16-41(17-5-1)47-36-48(42-18-6-2-7-19-42)38-51(37-47)61(58-40-46-21-11-12-24-52(46)54-26-14-15-27-55(54)58)50-32-28-43(29-33-50)45-31-34-56-57-35-30-44-20-10-13-25-53(44)60(57)62(59(56)39-45)49-22-8-3-9-23-49/h1-40H. The van der Waals surface area contributed by atoms with Crippen LogP contribution in [-0.2, 0) is 0 Å². The Kier molecular flexibility index (Phi) is 8.53. The molecule has 0 aliphatic carbocycles. The highest BCUT2D eigenvalue weighted by Crippen LogP contribution is 2.45. The van der Waals surface area contributed by atoms with Gasteiger partial charge in [0.2, 0.25) is 0 Å². The Morgan fingerprint density at radius 2 is 0.806 bits per heavy atom. The van der Waals surface area contributed by atoms with E-state index in [1.54, 1.807) is 0 Å². The number of nitrogens with zero attached hydrogens (tertiary/aromatic N) is 2. The van der Waals surface area contributed by atoms with E-state index in [-0.39, 0.29) is 0 Å². The Morgan fingerprint density at radius 3 is 1.50 bits per heavy atom. The smallest absolute Gasteiger partial charge is 0.0619 e. The van der Waals surface area contributed by atoms with Gasteiger partial charge in [-0.15, -0.1) is 0 Å². The van der Waals surface area contributed by atoms with Gasteiger partial charge in [0, 0.05) is 38.6 Å². The van der Waals surface area contributed by atoms with Gasteiger partial charge >= 0.3 is 0 Å². The third-order valence-corrected chi connectivity index (χ3v) is 12.5. The van der Waals surface area contributed by atoms with Crippen LogP contribution in [-0.4, -0.2) is 4.57 Å². The normalized spacial score (nSPS) is 11.5. The summed E-state index contributed by atoms with van der Waals surface area (Å²) in [4.78, 5) is 2.46. The fraction of sp³-hybridized carbons (Fsp3) is 0. The van der Waals surface area contributed by atoms with Gasteiger partial charge in [0.15, 0.2) is 0 Å². The van der Waals surface area contributed by atoms with Crippen molar-refractivity contribution in [1.82, 2.24) is 4.57 Å². The van der Waals surface area contributed by atoms with Gasteiger partial charge in [-0.05, 0) is 110 Å². The van der Waals surface area contributed by atoms with Crippen LogP contribution < -0.4 is 4.90 Å². The third-order valence-electron chi connectivity index (χ3n) is 12.5. The Morgan fingerprint density at radius 1 is 0.274 bits per heavy atom. The molecule has 0 radical (unpaired) electrons. The molecular formula is C60H40N2. The van der Waals surface area contributed by atoms with Gasteiger partial charge in [-0.2, -0.15) is 0 Å². The van der Waals surface area contributed by atoms with Crippen LogP contribution in [0.15, 0.2) is 243 Å². The minimum atomic E-state index is 1.09. The number of anilines is 3. The molecule has 0 N–H and O–H groups in total. The van der Waals surface area contributed by atoms with E-state index in [4.69, 9.17) is 0 Å². The number of rotatable bonds is 7. The molecule has 0 bridgehead atoms. The highest BCUT2D eigenvalue weighted by atomic mass is 15.1. The molecule has 11 aromatic carbocycles. The van der Waals surface area contributed by atoms with E-state index in [1.165, 1.54) is 81.9 Å². The Balaban J connectivity index is 1.06. The minimum absolute atomic E-state index is 1.09. The number of hydrogen-bond acceptors (Lipinski definition) is 1. The molecule has 12 aromatic rings. The minimum Gasteiger partial charge on any atom is -0.310 e. The second-order valence-corrected chi connectivity index (χ2v) is 16.1. The number of hydrogen-bond donors (Lipinski definition) is 0. The van der Waals surface area contributed by atoms with Gasteiger partial charge in [0.1, 0.15) is 0 Å². The molecule has 0 spiro atoms. The highest BCUT2D eigenvalue weighted by Gasteiger charge is 2.21. The summed E-state index contributed by atoms with van der Waals surface area (Å²) in [7, 11) is 0. The third kappa shape index (κ3) is 6.04. The van der Waals surface area contributed by atoms with Crippen molar-refractivity contribution in [2.45, 2.75) is 0 Å². The summed E-state index contributed by atoms with van der Waals surface area (Å²) >= 11 is 0. The van der Waals surface area contributed by atoms with Crippen molar-refractivity contribution >= 4 is 71.2 Å². The summed E-state index contributed by atoms with van der Waals surface area (Å²) in [6.45, 7) is 0. The van der Waals surface area contributed by atoms with Crippen LogP contribution in [0.25, 0.3) is 93.2 Å². The summed E-state index contributed by atoms with van der Waals surface area (Å²) < 4.78 is 2.45. The number of fused-ring (bicyclic) bond motifs is 8. The summed E-state index contributed by atoms with van der Waals surface area (Å²) in [5, 5.41) is 9.90. The molecule has 0 saturated carbocycles. The molecular weight excluding hydrogens is 749 g/mol. The zero-order valence-electron chi connectivity index (χ0n) is 34.0. The topological polar surface area (TPSA) is 8.17 Å². The Labute approximate surface area is 360 Å². The van der Waals surface area contributed by atoms with Crippen molar-refractivity contribution in [3.63, 3.8) is 0 Å². The maximum Gasteiger partial charge on any atom is 0.0619 e. The lowest BCUT2D eigenvalue weighted by atomic mass is 9.95. The molecule has 0 aliphatic rings. The predicted molar refractivity (Wildman–Crippen MR) is 264 cm³/mol. The number of benzene rings is 11. The molecule has 1 heterocycles. The maximum atomic E-state index is 2.46. The fourth-order valence-electron chi connectivity index (χ4n) is 9.59. The average molecular weight is 789 g/mol. The van der Waals surface area contributed by atoms with E-state index in [2.05, 4.69) is 252 Å². The summed E-state index contributed by atoms with van der Waals surface area (Å²) in [6, 6.07) is 88.6. The molecule has 0 aliphatic heterocycles. The van der Waals surface area contributed by atoms with Crippen LogP contribution in [0.2, 0.25) is 0 Å². The van der Waals surface area contributed by atoms with Crippen LogP contribution in [0, 0.1) is 0 Å². The lowest BCUT2D eigenvalue weighted by Gasteiger charge is -2.29. The molecule has 0 amide bonds. The lowest BCUT2D eigenvalue weighted by molar-refractivity contribution is 1.19. The van der Waals surface area contributed by atoms with Crippen molar-refractivity contribution in [2.75, 3.05) is 4.90 Å². The first kappa shape index (κ1) is 35.7. The van der Waals surface area contributed by atoms with Crippen LogP contribution in [0.1, 0.15) is 0 Å². The molecule has 290 valence electrons. The van der Waals surface area contributed by atoms with E-state index in [0.717, 1.165) is 28.3 Å². The summed E-state index contributed by atoms with van der Waals surface area (Å²) in [5.74, 6) is 0. The molecule has 62 heavy (non-hydrogen) atoms. The zero-order chi connectivity index (χ0) is 41.0. The van der Waals surface area contributed by atoms with Crippen molar-refractivity contribution in [2.24, 2.45) is 0 Å². The first-order valence-corrected chi connectivity index (χ1v) is 21.3. The first-order chi connectivity index (χ1) is 30.7. The molecule has 0 unspecified atom stereocenters. The summed E-state index contributed by atoms with van der Waals surface area (Å²) in [5.41, 5.74) is 13.9. The van der Waals surface area contributed by atoms with E-state index >= 15 is 0 Å². The molecule has 2 heteroatoms. The summed E-state index contributed by atoms with van der Waals surface area (Å²) in [6.07, 6.45) is 0. The number of aromatic nitrogens is 1. The van der Waals surface area contributed by atoms with Crippen LogP contribution in [0.4, 0.5) is 17.1 Å². The second kappa shape index (κ2) is 14.8. The quantitative estimate of drug-likeness (QED) is 0.146. The molecule has 0 atom stereocenters. The molecule has 12 rings (SSSR count).